The first-order chi connectivity index (χ1) is 14.7. The topological polar surface area (TPSA) is 93.7 Å². The fraction of sp³-hybridized carbons (Fsp3) is 0.0952. The van der Waals surface area contributed by atoms with Gasteiger partial charge in [-0.2, -0.15) is 0 Å². The predicted octanol–water partition coefficient (Wildman–Crippen LogP) is 4.82. The summed E-state index contributed by atoms with van der Waals surface area (Å²) < 4.78 is 38.0. The van der Waals surface area contributed by atoms with Gasteiger partial charge in [-0.3, -0.25) is 9.52 Å². The van der Waals surface area contributed by atoms with E-state index in [0.717, 1.165) is 0 Å². The van der Waals surface area contributed by atoms with Crippen molar-refractivity contribution in [3.63, 3.8) is 0 Å². The molecule has 3 aromatic carbocycles. The van der Waals surface area contributed by atoms with Gasteiger partial charge in [0, 0.05) is 21.4 Å². The van der Waals surface area contributed by atoms with Gasteiger partial charge in [-0.1, -0.05) is 23.2 Å². The number of sulfonamides is 1. The fourth-order valence-corrected chi connectivity index (χ4v) is 4.14. The van der Waals surface area contributed by atoms with Crippen molar-refractivity contribution in [2.75, 3.05) is 23.8 Å². The van der Waals surface area contributed by atoms with Gasteiger partial charge >= 0.3 is 0 Å². The molecule has 10 heteroatoms. The van der Waals surface area contributed by atoms with Crippen LogP contribution in [0.3, 0.4) is 0 Å². The van der Waals surface area contributed by atoms with E-state index in [9.17, 15) is 13.2 Å². The minimum atomic E-state index is -3.78. The SMILES string of the molecule is COc1ccc(NS(=O)(=O)c2ccc(OCC(=O)Nc3cc(Cl)cc(Cl)c3)cc2)cc1. The second kappa shape index (κ2) is 9.91. The minimum absolute atomic E-state index is 0.0497. The first kappa shape index (κ1) is 22.7. The number of anilines is 2. The monoisotopic (exact) mass is 480 g/mol. The van der Waals surface area contributed by atoms with Gasteiger partial charge in [0.2, 0.25) is 0 Å². The van der Waals surface area contributed by atoms with E-state index in [1.165, 1.54) is 31.4 Å². The maximum Gasteiger partial charge on any atom is 0.262 e. The van der Waals surface area contributed by atoms with Gasteiger partial charge in [0.1, 0.15) is 11.5 Å². The highest BCUT2D eigenvalue weighted by Crippen LogP contribution is 2.23. The fourth-order valence-electron chi connectivity index (χ4n) is 2.56. The summed E-state index contributed by atoms with van der Waals surface area (Å²) in [5.74, 6) is 0.533. The van der Waals surface area contributed by atoms with Crippen LogP contribution in [-0.4, -0.2) is 28.0 Å². The molecule has 2 N–H and O–H groups in total. The van der Waals surface area contributed by atoms with Crippen molar-refractivity contribution in [3.8, 4) is 11.5 Å². The van der Waals surface area contributed by atoms with Crippen molar-refractivity contribution in [2.45, 2.75) is 4.90 Å². The number of rotatable bonds is 8. The number of methoxy groups -OCH3 is 1. The molecule has 162 valence electrons. The van der Waals surface area contributed by atoms with Gasteiger partial charge in [-0.15, -0.1) is 0 Å². The van der Waals surface area contributed by atoms with E-state index in [-0.39, 0.29) is 11.5 Å². The van der Waals surface area contributed by atoms with E-state index in [2.05, 4.69) is 10.0 Å². The second-order valence-electron chi connectivity index (χ2n) is 6.30. The molecular formula is C21H18Cl2N2O5S. The van der Waals surface area contributed by atoms with Crippen LogP contribution in [0.1, 0.15) is 0 Å². The summed E-state index contributed by atoms with van der Waals surface area (Å²) in [7, 11) is -2.25. The highest BCUT2D eigenvalue weighted by atomic mass is 35.5. The highest BCUT2D eigenvalue weighted by Gasteiger charge is 2.14. The number of carbonyl (C=O) groups excluding carboxylic acids is 1. The minimum Gasteiger partial charge on any atom is -0.497 e. The number of hydrogen-bond donors (Lipinski definition) is 2. The number of nitrogens with one attached hydrogen (secondary N) is 2. The Hall–Kier alpha value is -2.94. The average molecular weight is 481 g/mol. The summed E-state index contributed by atoms with van der Waals surface area (Å²) in [4.78, 5) is 12.1. The van der Waals surface area contributed by atoms with Crippen LogP contribution in [0.15, 0.2) is 71.6 Å². The average Bonchev–Trinajstić information content (AvgIpc) is 2.72. The molecule has 0 spiro atoms. The van der Waals surface area contributed by atoms with Gasteiger partial charge in [-0.05, 0) is 66.7 Å². The number of ether oxygens (including phenoxy) is 2. The maximum atomic E-state index is 12.5. The Labute approximate surface area is 189 Å². The number of benzene rings is 3. The molecule has 0 aliphatic carbocycles. The zero-order valence-corrected chi connectivity index (χ0v) is 18.6. The van der Waals surface area contributed by atoms with Gasteiger partial charge in [0.15, 0.2) is 6.61 Å². The quantitative estimate of drug-likeness (QED) is 0.481. The predicted molar refractivity (Wildman–Crippen MR) is 121 cm³/mol. The van der Waals surface area contributed by atoms with Crippen LogP contribution in [0.2, 0.25) is 10.0 Å². The van der Waals surface area contributed by atoms with Crippen molar-refractivity contribution in [1.29, 1.82) is 0 Å². The third-order valence-electron chi connectivity index (χ3n) is 3.99. The first-order valence-corrected chi connectivity index (χ1v) is 11.1. The van der Waals surface area contributed by atoms with Crippen molar-refractivity contribution in [1.82, 2.24) is 0 Å². The van der Waals surface area contributed by atoms with Crippen molar-refractivity contribution in [2.24, 2.45) is 0 Å². The van der Waals surface area contributed by atoms with E-state index in [4.69, 9.17) is 32.7 Å². The van der Waals surface area contributed by atoms with E-state index >= 15 is 0 Å². The van der Waals surface area contributed by atoms with Gasteiger partial charge in [0.25, 0.3) is 15.9 Å². The van der Waals surface area contributed by atoms with Gasteiger partial charge in [-0.25, -0.2) is 8.42 Å². The third kappa shape index (κ3) is 6.52. The molecule has 0 fully saturated rings. The van der Waals surface area contributed by atoms with Crippen molar-refractivity contribution < 1.29 is 22.7 Å². The van der Waals surface area contributed by atoms with Crippen LogP contribution in [-0.2, 0) is 14.8 Å². The van der Waals surface area contributed by atoms with Gasteiger partial charge in [0.05, 0.1) is 12.0 Å². The van der Waals surface area contributed by atoms with Gasteiger partial charge < -0.3 is 14.8 Å². The molecule has 31 heavy (non-hydrogen) atoms. The molecule has 0 radical (unpaired) electrons. The molecule has 3 rings (SSSR count). The zero-order valence-electron chi connectivity index (χ0n) is 16.3. The molecule has 0 atom stereocenters. The summed E-state index contributed by atoms with van der Waals surface area (Å²) >= 11 is 11.8. The smallest absolute Gasteiger partial charge is 0.262 e. The Morgan fingerprint density at radius 1 is 0.871 bits per heavy atom. The van der Waals surface area contributed by atoms with E-state index in [1.807, 2.05) is 0 Å². The van der Waals surface area contributed by atoms with E-state index < -0.39 is 15.9 Å². The lowest BCUT2D eigenvalue weighted by molar-refractivity contribution is -0.118. The highest BCUT2D eigenvalue weighted by molar-refractivity contribution is 7.92. The number of hydrogen-bond acceptors (Lipinski definition) is 5. The Bertz CT molecular complexity index is 1150. The zero-order chi connectivity index (χ0) is 22.4. The molecule has 0 aromatic heterocycles. The number of amides is 1. The van der Waals surface area contributed by atoms with Crippen molar-refractivity contribution in [3.05, 3.63) is 76.8 Å². The summed E-state index contributed by atoms with van der Waals surface area (Å²) in [5.41, 5.74) is 0.844. The van der Waals surface area contributed by atoms with Crippen LogP contribution in [0, 0.1) is 0 Å². The summed E-state index contributed by atoms with van der Waals surface area (Å²) in [6, 6.07) is 16.9. The normalized spacial score (nSPS) is 10.9. The molecule has 7 nitrogen and oxygen atoms in total. The molecule has 0 saturated heterocycles. The molecular weight excluding hydrogens is 463 g/mol. The van der Waals surface area contributed by atoms with Crippen molar-refractivity contribution >= 4 is 50.5 Å². The largest absolute Gasteiger partial charge is 0.497 e. The van der Waals surface area contributed by atoms with Crippen LogP contribution >= 0.6 is 23.2 Å². The summed E-state index contributed by atoms with van der Waals surface area (Å²) in [6.07, 6.45) is 0. The molecule has 0 saturated carbocycles. The summed E-state index contributed by atoms with van der Waals surface area (Å²) in [5, 5.41) is 3.40. The molecule has 1 amide bonds. The molecule has 3 aromatic rings. The molecule has 0 bridgehead atoms. The Morgan fingerprint density at radius 3 is 2.03 bits per heavy atom. The summed E-state index contributed by atoms with van der Waals surface area (Å²) in [6.45, 7) is -0.277. The second-order valence-corrected chi connectivity index (χ2v) is 8.86. The van der Waals surface area contributed by atoms with Crippen LogP contribution in [0.5, 0.6) is 11.5 Å². The Morgan fingerprint density at radius 2 is 1.45 bits per heavy atom. The van der Waals surface area contributed by atoms with Crippen LogP contribution in [0.25, 0.3) is 0 Å². The maximum absolute atomic E-state index is 12.5. The Balaban J connectivity index is 1.58. The standard InChI is InChI=1S/C21H18Cl2N2O5S/c1-29-18-4-2-16(3-5-18)25-31(27,28)20-8-6-19(7-9-20)30-13-21(26)24-17-11-14(22)10-15(23)12-17/h2-12,25H,13H2,1H3,(H,24,26). The number of halogens is 2. The van der Waals surface area contributed by atoms with Crippen LogP contribution < -0.4 is 19.5 Å². The van der Waals surface area contributed by atoms with E-state index in [1.54, 1.807) is 42.5 Å². The molecule has 0 unspecified atom stereocenters. The lowest BCUT2D eigenvalue weighted by Gasteiger charge is -2.10. The lowest BCUT2D eigenvalue weighted by atomic mass is 10.3. The lowest BCUT2D eigenvalue weighted by Crippen LogP contribution is -2.20. The Kier molecular flexibility index (Phi) is 7.27. The first-order valence-electron chi connectivity index (χ1n) is 8.91. The molecule has 0 aliphatic heterocycles. The van der Waals surface area contributed by atoms with E-state index in [0.29, 0.717) is 32.9 Å². The van der Waals surface area contributed by atoms with Crippen LogP contribution in [0.4, 0.5) is 11.4 Å². The number of carbonyl (C=O) groups is 1. The molecule has 0 aliphatic rings. The third-order valence-corrected chi connectivity index (χ3v) is 5.83. The molecule has 0 heterocycles.